The molecule has 1 aliphatic rings. The SMILES string of the molecule is CC1(C)CC(Nc2ncccn2)c2ccccc2O1. The first kappa shape index (κ1) is 12.0. The summed E-state index contributed by atoms with van der Waals surface area (Å²) in [5.74, 6) is 1.59. The number of para-hydroxylation sites is 1. The summed E-state index contributed by atoms with van der Waals surface area (Å²) in [6.07, 6.45) is 4.36. The molecule has 1 aromatic carbocycles. The standard InChI is InChI=1S/C15H17N3O/c1-15(2)10-12(18-14-16-8-5-9-17-14)11-6-3-4-7-13(11)19-15/h3-9,12H,10H2,1-2H3,(H,16,17,18). The molecule has 19 heavy (non-hydrogen) atoms. The number of nitrogens with one attached hydrogen (secondary N) is 1. The van der Waals surface area contributed by atoms with Gasteiger partial charge in [0.2, 0.25) is 5.95 Å². The number of rotatable bonds is 2. The minimum Gasteiger partial charge on any atom is -0.487 e. The molecule has 0 bridgehead atoms. The predicted octanol–water partition coefficient (Wildman–Crippen LogP) is 3.19. The zero-order chi connectivity index (χ0) is 13.3. The lowest BCUT2D eigenvalue weighted by molar-refractivity contribution is 0.0758. The van der Waals surface area contributed by atoms with Gasteiger partial charge in [0.1, 0.15) is 11.4 Å². The average molecular weight is 255 g/mol. The molecule has 0 amide bonds. The number of benzene rings is 1. The van der Waals surface area contributed by atoms with Crippen molar-refractivity contribution in [3.63, 3.8) is 0 Å². The lowest BCUT2D eigenvalue weighted by Crippen LogP contribution is -2.37. The van der Waals surface area contributed by atoms with Gasteiger partial charge in [-0.25, -0.2) is 9.97 Å². The van der Waals surface area contributed by atoms with Gasteiger partial charge in [0.05, 0.1) is 6.04 Å². The summed E-state index contributed by atoms with van der Waals surface area (Å²) in [7, 11) is 0. The summed E-state index contributed by atoms with van der Waals surface area (Å²) in [4.78, 5) is 8.46. The number of hydrogen-bond acceptors (Lipinski definition) is 4. The molecule has 3 rings (SSSR count). The Kier molecular flexibility index (Phi) is 2.85. The van der Waals surface area contributed by atoms with Gasteiger partial charge in [0.25, 0.3) is 0 Å². The summed E-state index contributed by atoms with van der Waals surface area (Å²) in [6.45, 7) is 4.20. The van der Waals surface area contributed by atoms with Crippen molar-refractivity contribution in [2.45, 2.75) is 31.9 Å². The van der Waals surface area contributed by atoms with Crippen molar-refractivity contribution in [2.24, 2.45) is 0 Å². The fraction of sp³-hybridized carbons (Fsp3) is 0.333. The number of anilines is 1. The minimum absolute atomic E-state index is 0.169. The van der Waals surface area contributed by atoms with E-state index in [1.54, 1.807) is 12.4 Å². The van der Waals surface area contributed by atoms with Crippen LogP contribution in [-0.4, -0.2) is 15.6 Å². The maximum Gasteiger partial charge on any atom is 0.223 e. The first-order valence-corrected chi connectivity index (χ1v) is 6.46. The van der Waals surface area contributed by atoms with Gasteiger partial charge in [-0.15, -0.1) is 0 Å². The molecule has 1 N–H and O–H groups in total. The minimum atomic E-state index is -0.194. The molecule has 0 saturated heterocycles. The summed E-state index contributed by atoms with van der Waals surface area (Å²) < 4.78 is 6.01. The smallest absolute Gasteiger partial charge is 0.223 e. The molecule has 4 heteroatoms. The van der Waals surface area contributed by atoms with Crippen LogP contribution in [0.1, 0.15) is 31.9 Å². The van der Waals surface area contributed by atoms with E-state index in [-0.39, 0.29) is 11.6 Å². The number of aromatic nitrogens is 2. The van der Waals surface area contributed by atoms with E-state index in [0.29, 0.717) is 5.95 Å². The van der Waals surface area contributed by atoms with Gasteiger partial charge in [0.15, 0.2) is 0 Å². The van der Waals surface area contributed by atoms with Gasteiger partial charge in [0, 0.05) is 24.4 Å². The third-order valence-corrected chi connectivity index (χ3v) is 3.25. The highest BCUT2D eigenvalue weighted by molar-refractivity contribution is 5.43. The summed E-state index contributed by atoms with van der Waals surface area (Å²) in [5.41, 5.74) is 0.968. The molecule has 1 atom stereocenters. The van der Waals surface area contributed by atoms with E-state index in [2.05, 4.69) is 35.2 Å². The Morgan fingerprint density at radius 2 is 1.89 bits per heavy atom. The Morgan fingerprint density at radius 3 is 2.68 bits per heavy atom. The Balaban J connectivity index is 1.93. The van der Waals surface area contributed by atoms with E-state index in [9.17, 15) is 0 Å². The third-order valence-electron chi connectivity index (χ3n) is 3.25. The van der Waals surface area contributed by atoms with Crippen molar-refractivity contribution in [3.05, 3.63) is 48.3 Å². The molecule has 0 saturated carbocycles. The molecule has 0 aliphatic carbocycles. The molecule has 0 radical (unpaired) electrons. The molecule has 0 fully saturated rings. The van der Waals surface area contributed by atoms with Gasteiger partial charge >= 0.3 is 0 Å². The van der Waals surface area contributed by atoms with Gasteiger partial charge in [-0.1, -0.05) is 18.2 Å². The van der Waals surface area contributed by atoms with Crippen molar-refractivity contribution >= 4 is 5.95 Å². The lowest BCUT2D eigenvalue weighted by atomic mass is 9.90. The Hall–Kier alpha value is -2.10. The van der Waals surface area contributed by atoms with Crippen LogP contribution >= 0.6 is 0 Å². The zero-order valence-electron chi connectivity index (χ0n) is 11.1. The van der Waals surface area contributed by atoms with Crippen LogP contribution in [0.3, 0.4) is 0 Å². The van der Waals surface area contributed by atoms with Crippen molar-refractivity contribution in [1.29, 1.82) is 0 Å². The van der Waals surface area contributed by atoms with Crippen LogP contribution in [0.4, 0.5) is 5.95 Å². The summed E-state index contributed by atoms with van der Waals surface area (Å²) in [5, 5.41) is 3.39. The first-order chi connectivity index (χ1) is 9.14. The van der Waals surface area contributed by atoms with Crippen LogP contribution in [0, 0.1) is 0 Å². The lowest BCUT2D eigenvalue weighted by Gasteiger charge is -2.37. The fourth-order valence-electron chi connectivity index (χ4n) is 2.46. The molecule has 4 nitrogen and oxygen atoms in total. The molecule has 2 aromatic rings. The predicted molar refractivity (Wildman–Crippen MR) is 74.2 cm³/mol. The first-order valence-electron chi connectivity index (χ1n) is 6.46. The van der Waals surface area contributed by atoms with Gasteiger partial charge in [-0.3, -0.25) is 0 Å². The Bertz CT molecular complexity index is 569. The van der Waals surface area contributed by atoms with Crippen LogP contribution < -0.4 is 10.1 Å². The molecule has 1 unspecified atom stereocenters. The molecule has 98 valence electrons. The normalized spacial score (nSPS) is 20.2. The highest BCUT2D eigenvalue weighted by Gasteiger charge is 2.33. The fourth-order valence-corrected chi connectivity index (χ4v) is 2.46. The third kappa shape index (κ3) is 2.52. The number of fused-ring (bicyclic) bond motifs is 1. The highest BCUT2D eigenvalue weighted by Crippen LogP contribution is 2.40. The number of ether oxygens (including phenoxy) is 1. The highest BCUT2D eigenvalue weighted by atomic mass is 16.5. The zero-order valence-corrected chi connectivity index (χ0v) is 11.1. The van der Waals surface area contributed by atoms with Crippen LogP contribution in [0.2, 0.25) is 0 Å². The quantitative estimate of drug-likeness (QED) is 0.895. The summed E-state index contributed by atoms with van der Waals surface area (Å²) >= 11 is 0. The van der Waals surface area contributed by atoms with E-state index < -0.39 is 0 Å². The molecule has 2 heterocycles. The van der Waals surface area contributed by atoms with E-state index in [4.69, 9.17) is 4.74 Å². The number of hydrogen-bond donors (Lipinski definition) is 1. The maximum atomic E-state index is 6.01. The van der Waals surface area contributed by atoms with Crippen molar-refractivity contribution in [3.8, 4) is 5.75 Å². The van der Waals surface area contributed by atoms with Crippen molar-refractivity contribution in [2.75, 3.05) is 5.32 Å². The van der Waals surface area contributed by atoms with Crippen LogP contribution in [0.5, 0.6) is 5.75 Å². The molecule has 0 spiro atoms. The largest absolute Gasteiger partial charge is 0.487 e. The molecular formula is C15H17N3O. The maximum absolute atomic E-state index is 6.01. The summed E-state index contributed by atoms with van der Waals surface area (Å²) in [6, 6.07) is 10.1. The van der Waals surface area contributed by atoms with E-state index in [0.717, 1.165) is 17.7 Å². The average Bonchev–Trinajstić information content (AvgIpc) is 2.38. The van der Waals surface area contributed by atoms with Gasteiger partial charge in [-0.05, 0) is 26.0 Å². The van der Waals surface area contributed by atoms with Crippen LogP contribution in [-0.2, 0) is 0 Å². The Morgan fingerprint density at radius 1 is 1.16 bits per heavy atom. The Labute approximate surface area is 112 Å². The van der Waals surface area contributed by atoms with Crippen LogP contribution in [0.15, 0.2) is 42.7 Å². The monoisotopic (exact) mass is 255 g/mol. The topological polar surface area (TPSA) is 47.0 Å². The second-order valence-electron chi connectivity index (χ2n) is 5.37. The molecule has 1 aliphatic heterocycles. The second kappa shape index (κ2) is 4.53. The second-order valence-corrected chi connectivity index (χ2v) is 5.37. The van der Waals surface area contributed by atoms with Crippen LogP contribution in [0.25, 0.3) is 0 Å². The van der Waals surface area contributed by atoms with Gasteiger partial charge in [-0.2, -0.15) is 0 Å². The van der Waals surface area contributed by atoms with E-state index >= 15 is 0 Å². The molecule has 1 aromatic heterocycles. The van der Waals surface area contributed by atoms with Gasteiger partial charge < -0.3 is 10.1 Å². The molecular weight excluding hydrogens is 238 g/mol. The number of nitrogens with zero attached hydrogens (tertiary/aromatic N) is 2. The van der Waals surface area contributed by atoms with E-state index in [1.807, 2.05) is 24.3 Å². The van der Waals surface area contributed by atoms with E-state index in [1.165, 1.54) is 0 Å². The van der Waals surface area contributed by atoms with Crippen molar-refractivity contribution in [1.82, 2.24) is 9.97 Å². The van der Waals surface area contributed by atoms with Crippen molar-refractivity contribution < 1.29 is 4.74 Å².